The molecule has 1 amide bonds. The number of aliphatic hydroxyl groups is 5. The fourth-order valence-electron chi connectivity index (χ4n) is 9.22. The number of rotatable bonds is 51. The van der Waals surface area contributed by atoms with Gasteiger partial charge in [-0.25, -0.2) is 0 Å². The molecule has 0 bridgehead atoms. The van der Waals surface area contributed by atoms with Crippen molar-refractivity contribution < 1.29 is 39.8 Å². The van der Waals surface area contributed by atoms with Crippen LogP contribution in [0.1, 0.15) is 258 Å². The molecule has 1 rings (SSSR count). The average molecular weight is 1020 g/mol. The molecule has 1 heterocycles. The molecule has 0 saturated carbocycles. The van der Waals surface area contributed by atoms with E-state index in [9.17, 15) is 30.3 Å². The van der Waals surface area contributed by atoms with Gasteiger partial charge >= 0.3 is 0 Å². The van der Waals surface area contributed by atoms with Gasteiger partial charge < -0.3 is 40.3 Å². The maximum atomic E-state index is 13.1. The Labute approximate surface area is 448 Å². The van der Waals surface area contributed by atoms with Crippen LogP contribution in [0.4, 0.5) is 0 Å². The molecular weight excluding hydrogens is 911 g/mol. The van der Waals surface area contributed by atoms with Crippen LogP contribution in [-0.2, 0) is 14.3 Å². The highest BCUT2D eigenvalue weighted by atomic mass is 16.7. The minimum Gasteiger partial charge on any atom is -0.394 e. The SMILES string of the molecule is CC/C=C\C/C=C\C/C=C\C/C=C\C/C=C\C/C=C\CCCCCCCCC(=O)NC(COC1OC(CO)C(O)C(O)C1O)C(O)/C=C/CCCCCCCCCCCCCCCCCCCCCCCCC. The molecule has 6 N–H and O–H groups in total. The van der Waals surface area contributed by atoms with E-state index in [1.54, 1.807) is 6.08 Å². The van der Waals surface area contributed by atoms with E-state index in [2.05, 4.69) is 92.1 Å². The van der Waals surface area contributed by atoms with Gasteiger partial charge in [-0.1, -0.05) is 266 Å². The van der Waals surface area contributed by atoms with Gasteiger partial charge in [0.1, 0.15) is 24.4 Å². The molecule has 1 saturated heterocycles. The molecule has 1 aliphatic rings. The van der Waals surface area contributed by atoms with Gasteiger partial charge in [-0.3, -0.25) is 4.79 Å². The van der Waals surface area contributed by atoms with E-state index in [0.29, 0.717) is 6.42 Å². The predicted molar refractivity (Wildman–Crippen MR) is 308 cm³/mol. The molecule has 9 nitrogen and oxygen atoms in total. The quantitative estimate of drug-likeness (QED) is 0.0261. The summed E-state index contributed by atoms with van der Waals surface area (Å²) in [5.41, 5.74) is 0. The fourth-order valence-corrected chi connectivity index (χ4v) is 9.22. The van der Waals surface area contributed by atoms with Gasteiger partial charge in [0.15, 0.2) is 6.29 Å². The first-order valence-electron chi connectivity index (χ1n) is 30.3. The smallest absolute Gasteiger partial charge is 0.220 e. The van der Waals surface area contributed by atoms with Gasteiger partial charge in [-0.15, -0.1) is 0 Å². The third-order valence-electron chi connectivity index (χ3n) is 14.0. The van der Waals surface area contributed by atoms with Crippen molar-refractivity contribution in [2.45, 2.75) is 301 Å². The van der Waals surface area contributed by atoms with Gasteiger partial charge in [0.25, 0.3) is 0 Å². The van der Waals surface area contributed by atoms with E-state index in [1.807, 2.05) is 6.08 Å². The molecule has 0 aromatic carbocycles. The number of carbonyl (C=O) groups excluding carboxylic acids is 1. The lowest BCUT2D eigenvalue weighted by Gasteiger charge is -2.40. The Balaban J connectivity index is 2.24. The van der Waals surface area contributed by atoms with Crippen molar-refractivity contribution in [1.29, 1.82) is 0 Å². The third kappa shape index (κ3) is 42.2. The van der Waals surface area contributed by atoms with Crippen LogP contribution >= 0.6 is 0 Å². The van der Waals surface area contributed by atoms with Gasteiger partial charge in [0.05, 0.1) is 25.4 Å². The lowest BCUT2D eigenvalue weighted by Crippen LogP contribution is -2.60. The summed E-state index contributed by atoms with van der Waals surface area (Å²) < 4.78 is 11.3. The highest BCUT2D eigenvalue weighted by Crippen LogP contribution is 2.23. The second kappa shape index (κ2) is 52.8. The minimum atomic E-state index is -1.57. The molecule has 0 aliphatic carbocycles. The molecular formula is C64H113NO8. The normalized spacial score (nSPS) is 19.7. The maximum absolute atomic E-state index is 13.1. The molecule has 0 radical (unpaired) electrons. The average Bonchev–Trinajstić information content (AvgIpc) is 3.39. The molecule has 1 fully saturated rings. The summed E-state index contributed by atoms with van der Waals surface area (Å²) in [6, 6.07) is -0.820. The van der Waals surface area contributed by atoms with Crippen molar-refractivity contribution in [1.82, 2.24) is 5.32 Å². The summed E-state index contributed by atoms with van der Waals surface area (Å²) in [4.78, 5) is 13.1. The largest absolute Gasteiger partial charge is 0.394 e. The van der Waals surface area contributed by atoms with Crippen LogP contribution in [0.25, 0.3) is 0 Å². The fraction of sp³-hybridized carbons (Fsp3) is 0.766. The topological polar surface area (TPSA) is 149 Å². The second-order valence-electron chi connectivity index (χ2n) is 20.8. The first-order valence-corrected chi connectivity index (χ1v) is 30.3. The first kappa shape index (κ1) is 68.4. The van der Waals surface area contributed by atoms with E-state index < -0.39 is 49.5 Å². The number of aliphatic hydroxyl groups excluding tert-OH is 5. The number of nitrogens with one attached hydrogen (secondary N) is 1. The van der Waals surface area contributed by atoms with Gasteiger partial charge in [-0.05, 0) is 70.6 Å². The van der Waals surface area contributed by atoms with Crippen LogP contribution in [0.15, 0.2) is 85.1 Å². The summed E-state index contributed by atoms with van der Waals surface area (Å²) in [6.45, 7) is 3.67. The zero-order valence-electron chi connectivity index (χ0n) is 46.9. The molecule has 0 aromatic heterocycles. The number of allylic oxidation sites excluding steroid dienone is 13. The van der Waals surface area contributed by atoms with E-state index in [-0.39, 0.29) is 12.5 Å². The van der Waals surface area contributed by atoms with Gasteiger partial charge in [-0.2, -0.15) is 0 Å². The summed E-state index contributed by atoms with van der Waals surface area (Å²) in [5.74, 6) is -0.192. The molecule has 7 unspecified atom stereocenters. The monoisotopic (exact) mass is 1020 g/mol. The van der Waals surface area contributed by atoms with Crippen LogP contribution in [0.5, 0.6) is 0 Å². The standard InChI is InChI=1S/C64H113NO8/c1-3-5-7-9-11-13-15-17-19-21-23-25-27-29-31-33-35-37-39-41-43-45-47-49-51-53-58(67)57(56-72-64-63(71)62(70)61(69)59(55-66)73-64)65-60(68)54-52-50-48-46-44-42-40-38-36-34-32-30-28-26-24-22-20-18-16-14-12-10-8-6-4-2/h6,8,12,14,18,20,24,26,30,32,36,38,51,53,57-59,61-64,66-67,69-71H,3-5,7,9-11,13,15-17,19,21-23,25,27-29,31,33-35,37,39-50,52,54-56H2,1-2H3,(H,65,68)/b8-6-,14-12-,20-18-,26-24-,32-30-,38-36-,53-51+. The molecule has 7 atom stereocenters. The minimum absolute atomic E-state index is 0.192. The van der Waals surface area contributed by atoms with Crippen molar-refractivity contribution >= 4 is 5.91 Å². The van der Waals surface area contributed by atoms with Crippen LogP contribution in [0.2, 0.25) is 0 Å². The van der Waals surface area contributed by atoms with Gasteiger partial charge in [0.2, 0.25) is 5.91 Å². The lowest BCUT2D eigenvalue weighted by molar-refractivity contribution is -0.302. The van der Waals surface area contributed by atoms with E-state index >= 15 is 0 Å². The zero-order chi connectivity index (χ0) is 52.9. The van der Waals surface area contributed by atoms with E-state index in [1.165, 1.54) is 135 Å². The number of ether oxygens (including phenoxy) is 2. The Morgan fingerprint density at radius 1 is 0.479 bits per heavy atom. The number of amides is 1. The molecule has 73 heavy (non-hydrogen) atoms. The molecule has 422 valence electrons. The molecule has 0 spiro atoms. The van der Waals surface area contributed by atoms with Crippen molar-refractivity contribution in [3.8, 4) is 0 Å². The van der Waals surface area contributed by atoms with Crippen molar-refractivity contribution in [3.05, 3.63) is 85.1 Å². The highest BCUT2D eigenvalue weighted by Gasteiger charge is 2.44. The zero-order valence-corrected chi connectivity index (χ0v) is 46.9. The molecule has 0 aromatic rings. The molecule has 1 aliphatic heterocycles. The Kier molecular flexibility index (Phi) is 49.5. The van der Waals surface area contributed by atoms with Crippen LogP contribution in [-0.4, -0.2) is 87.5 Å². The second-order valence-corrected chi connectivity index (χ2v) is 20.8. The summed E-state index contributed by atoms with van der Waals surface area (Å²) in [7, 11) is 0. The summed E-state index contributed by atoms with van der Waals surface area (Å²) in [5, 5.41) is 54.6. The third-order valence-corrected chi connectivity index (χ3v) is 14.0. The number of carbonyl (C=O) groups is 1. The van der Waals surface area contributed by atoms with Gasteiger partial charge in [0, 0.05) is 6.42 Å². The van der Waals surface area contributed by atoms with Crippen LogP contribution in [0.3, 0.4) is 0 Å². The van der Waals surface area contributed by atoms with Crippen molar-refractivity contribution in [2.75, 3.05) is 13.2 Å². The lowest BCUT2D eigenvalue weighted by atomic mass is 9.99. The number of hydrogen-bond donors (Lipinski definition) is 6. The highest BCUT2D eigenvalue weighted by molar-refractivity contribution is 5.76. The Morgan fingerprint density at radius 2 is 0.849 bits per heavy atom. The Morgan fingerprint density at radius 3 is 1.26 bits per heavy atom. The maximum Gasteiger partial charge on any atom is 0.220 e. The van der Waals surface area contributed by atoms with Crippen molar-refractivity contribution in [2.24, 2.45) is 0 Å². The van der Waals surface area contributed by atoms with E-state index in [0.717, 1.165) is 103 Å². The summed E-state index contributed by atoms with van der Waals surface area (Å²) in [6.07, 6.45) is 67.9. The van der Waals surface area contributed by atoms with Crippen LogP contribution in [0, 0.1) is 0 Å². The number of hydrogen-bond acceptors (Lipinski definition) is 8. The van der Waals surface area contributed by atoms with Crippen LogP contribution < -0.4 is 5.32 Å². The summed E-state index contributed by atoms with van der Waals surface area (Å²) >= 11 is 0. The predicted octanol–water partition coefficient (Wildman–Crippen LogP) is 15.4. The molecule has 9 heteroatoms. The Bertz CT molecular complexity index is 1420. The van der Waals surface area contributed by atoms with E-state index in [4.69, 9.17) is 9.47 Å². The Hall–Kier alpha value is -2.63. The van der Waals surface area contributed by atoms with Crippen molar-refractivity contribution in [3.63, 3.8) is 0 Å². The first-order chi connectivity index (χ1) is 35.8. The number of unbranched alkanes of at least 4 members (excludes halogenated alkanes) is 29.